The maximum Gasteiger partial charge on any atom is 0.220 e. The second-order valence-corrected chi connectivity index (χ2v) is 5.12. The number of ketones is 1. The van der Waals surface area contributed by atoms with Gasteiger partial charge in [0, 0.05) is 18.4 Å². The zero-order valence-corrected chi connectivity index (χ0v) is 12.6. The molecule has 0 unspecified atom stereocenters. The van der Waals surface area contributed by atoms with Gasteiger partial charge in [0.15, 0.2) is 5.76 Å². The van der Waals surface area contributed by atoms with E-state index in [4.69, 9.17) is 4.74 Å². The van der Waals surface area contributed by atoms with Gasteiger partial charge in [-0.05, 0) is 41.5 Å². The van der Waals surface area contributed by atoms with Crippen LogP contribution in [0.15, 0.2) is 77.8 Å². The minimum absolute atomic E-state index is 0.101. The predicted octanol–water partition coefficient (Wildman–Crippen LogP) is 3.63. The highest BCUT2D eigenvalue weighted by Crippen LogP contribution is 2.29. The average Bonchev–Trinajstić information content (AvgIpc) is 2.56. The maximum atomic E-state index is 11.5. The van der Waals surface area contributed by atoms with Crippen molar-refractivity contribution in [2.75, 3.05) is 19.1 Å². The van der Waals surface area contributed by atoms with Crippen LogP contribution < -0.4 is 4.90 Å². The van der Waals surface area contributed by atoms with Crippen molar-refractivity contribution in [3.8, 4) is 0 Å². The molecule has 0 fully saturated rings. The summed E-state index contributed by atoms with van der Waals surface area (Å²) in [6.07, 6.45) is 13.3. The molecular formula is C19H17NO2. The molecule has 1 aliphatic heterocycles. The molecule has 1 heterocycles. The molecule has 0 aromatic heterocycles. The number of hydrogen-bond donors (Lipinski definition) is 0. The molecule has 0 radical (unpaired) electrons. The van der Waals surface area contributed by atoms with Crippen LogP contribution in [0.3, 0.4) is 0 Å². The Morgan fingerprint density at radius 2 is 1.86 bits per heavy atom. The van der Waals surface area contributed by atoms with Crippen LogP contribution >= 0.6 is 0 Å². The van der Waals surface area contributed by atoms with Crippen molar-refractivity contribution in [2.24, 2.45) is 0 Å². The van der Waals surface area contributed by atoms with Gasteiger partial charge < -0.3 is 9.64 Å². The normalized spacial score (nSPS) is 20.4. The van der Waals surface area contributed by atoms with E-state index in [1.54, 1.807) is 12.2 Å². The molecule has 1 aromatic rings. The number of benzene rings is 1. The monoisotopic (exact) mass is 291 g/mol. The fraction of sp³-hybridized carbons (Fsp3) is 0.105. The smallest absolute Gasteiger partial charge is 0.220 e. The van der Waals surface area contributed by atoms with E-state index < -0.39 is 0 Å². The molecule has 1 aliphatic carbocycles. The summed E-state index contributed by atoms with van der Waals surface area (Å²) in [5.41, 5.74) is 4.41. The number of carbonyl (C=O) groups is 1. The van der Waals surface area contributed by atoms with Gasteiger partial charge in [-0.3, -0.25) is 4.79 Å². The molecule has 3 nitrogen and oxygen atoms in total. The molecule has 0 atom stereocenters. The number of carbonyl (C=O) groups excluding carboxylic acids is 1. The molecule has 3 heteroatoms. The average molecular weight is 291 g/mol. The van der Waals surface area contributed by atoms with Gasteiger partial charge in [0.05, 0.1) is 7.11 Å². The summed E-state index contributed by atoms with van der Waals surface area (Å²) in [4.78, 5) is 13.7. The third-order valence-corrected chi connectivity index (χ3v) is 3.75. The van der Waals surface area contributed by atoms with Crippen molar-refractivity contribution < 1.29 is 9.53 Å². The lowest BCUT2D eigenvalue weighted by Gasteiger charge is -2.26. The van der Waals surface area contributed by atoms with E-state index in [1.807, 2.05) is 31.3 Å². The van der Waals surface area contributed by atoms with Crippen molar-refractivity contribution >= 4 is 17.5 Å². The third-order valence-electron chi connectivity index (χ3n) is 3.75. The summed E-state index contributed by atoms with van der Waals surface area (Å²) in [6, 6.07) is 8.27. The van der Waals surface area contributed by atoms with Crippen molar-refractivity contribution in [1.29, 1.82) is 0 Å². The highest BCUT2D eigenvalue weighted by Gasteiger charge is 2.13. The first-order valence-electron chi connectivity index (χ1n) is 7.10. The van der Waals surface area contributed by atoms with E-state index in [0.29, 0.717) is 5.76 Å². The van der Waals surface area contributed by atoms with Crippen molar-refractivity contribution in [1.82, 2.24) is 0 Å². The number of nitrogens with zero attached hydrogens (tertiary/aromatic N) is 1. The number of fused-ring (bicyclic) bond motifs is 1. The van der Waals surface area contributed by atoms with Crippen molar-refractivity contribution in [3.05, 3.63) is 83.3 Å². The van der Waals surface area contributed by atoms with Gasteiger partial charge in [0.25, 0.3) is 0 Å². The number of hydrogen-bond acceptors (Lipinski definition) is 3. The lowest BCUT2D eigenvalue weighted by atomic mass is 10.0. The predicted molar refractivity (Wildman–Crippen MR) is 89.3 cm³/mol. The minimum atomic E-state index is -0.101. The molecule has 0 saturated heterocycles. The minimum Gasteiger partial charge on any atom is -0.493 e. The van der Waals surface area contributed by atoms with Crippen LogP contribution in [0.4, 0.5) is 5.69 Å². The first kappa shape index (κ1) is 14.1. The number of rotatable bonds is 2. The van der Waals surface area contributed by atoms with Crippen LogP contribution in [-0.2, 0) is 9.53 Å². The van der Waals surface area contributed by atoms with Gasteiger partial charge >= 0.3 is 0 Å². The molecule has 3 rings (SSSR count). The van der Waals surface area contributed by atoms with Crippen LogP contribution in [-0.4, -0.2) is 19.9 Å². The highest BCUT2D eigenvalue weighted by molar-refractivity contribution is 6.04. The van der Waals surface area contributed by atoms with Gasteiger partial charge in [-0.25, -0.2) is 0 Å². The maximum absolute atomic E-state index is 11.5. The highest BCUT2D eigenvalue weighted by atomic mass is 16.5. The Morgan fingerprint density at radius 1 is 1.05 bits per heavy atom. The van der Waals surface area contributed by atoms with Crippen LogP contribution in [0.1, 0.15) is 5.56 Å². The van der Waals surface area contributed by atoms with E-state index in [1.165, 1.54) is 24.4 Å². The Labute approximate surface area is 130 Å². The number of para-hydroxylation sites is 1. The van der Waals surface area contributed by atoms with Crippen LogP contribution in [0.5, 0.6) is 0 Å². The van der Waals surface area contributed by atoms with E-state index >= 15 is 0 Å². The Kier molecular flexibility index (Phi) is 3.79. The first-order chi connectivity index (χ1) is 10.7. The second kappa shape index (κ2) is 5.90. The molecular weight excluding hydrogens is 274 g/mol. The third kappa shape index (κ3) is 2.66. The van der Waals surface area contributed by atoms with E-state index in [-0.39, 0.29) is 5.78 Å². The number of methoxy groups -OCH3 is 1. The first-order valence-corrected chi connectivity index (χ1v) is 7.10. The lowest BCUT2D eigenvalue weighted by molar-refractivity contribution is -0.114. The molecule has 1 aromatic carbocycles. The summed E-state index contributed by atoms with van der Waals surface area (Å²) < 4.78 is 5.07. The molecule has 0 amide bonds. The summed E-state index contributed by atoms with van der Waals surface area (Å²) in [6.45, 7) is 0. The zero-order valence-electron chi connectivity index (χ0n) is 12.6. The summed E-state index contributed by atoms with van der Waals surface area (Å²) in [5, 5.41) is 0. The Bertz CT molecular complexity index is 763. The van der Waals surface area contributed by atoms with E-state index in [0.717, 1.165) is 11.3 Å². The molecule has 22 heavy (non-hydrogen) atoms. The number of ether oxygens (including phenoxy) is 1. The van der Waals surface area contributed by atoms with Gasteiger partial charge in [0.1, 0.15) is 0 Å². The largest absolute Gasteiger partial charge is 0.493 e. The molecule has 0 spiro atoms. The number of likely N-dealkylation sites (N-methyl/N-ethyl adjacent to an activating group) is 1. The zero-order chi connectivity index (χ0) is 15.5. The quantitative estimate of drug-likeness (QED) is 0.833. The summed E-state index contributed by atoms with van der Waals surface area (Å²) in [7, 11) is 3.55. The van der Waals surface area contributed by atoms with Gasteiger partial charge in [-0.1, -0.05) is 36.4 Å². The van der Waals surface area contributed by atoms with E-state index in [9.17, 15) is 4.79 Å². The summed E-state index contributed by atoms with van der Waals surface area (Å²) in [5.74, 6) is 0.265. The second-order valence-electron chi connectivity index (χ2n) is 5.12. The molecule has 0 bridgehead atoms. The van der Waals surface area contributed by atoms with E-state index in [2.05, 4.69) is 29.2 Å². The van der Waals surface area contributed by atoms with Gasteiger partial charge in [-0.15, -0.1) is 0 Å². The molecule has 2 aliphatic rings. The van der Waals surface area contributed by atoms with Crippen molar-refractivity contribution in [2.45, 2.75) is 0 Å². The van der Waals surface area contributed by atoms with Crippen LogP contribution in [0, 0.1) is 0 Å². The van der Waals surface area contributed by atoms with Crippen LogP contribution in [0.2, 0.25) is 0 Å². The Balaban J connectivity index is 1.89. The van der Waals surface area contributed by atoms with Gasteiger partial charge in [0.2, 0.25) is 5.78 Å². The Hall–Kier alpha value is -2.81. The van der Waals surface area contributed by atoms with Gasteiger partial charge in [-0.2, -0.15) is 0 Å². The molecule has 0 N–H and O–H groups in total. The number of anilines is 1. The topological polar surface area (TPSA) is 29.5 Å². The Morgan fingerprint density at radius 3 is 2.68 bits per heavy atom. The number of allylic oxidation sites excluding steroid dienone is 7. The van der Waals surface area contributed by atoms with Crippen molar-refractivity contribution in [3.63, 3.8) is 0 Å². The lowest BCUT2D eigenvalue weighted by Crippen LogP contribution is -2.18. The molecule has 110 valence electrons. The summed E-state index contributed by atoms with van der Waals surface area (Å²) >= 11 is 0. The fourth-order valence-corrected chi connectivity index (χ4v) is 2.50. The SMILES string of the molecule is COC1=C/C(=C/C=C2\C=Cc3ccccc3N2C)C=CC1=O. The standard InChI is InChI=1S/C19H17NO2/c1-20-16(11-9-15-5-3-4-6-17(15)20)10-7-14-8-12-18(21)19(13-14)22-2/h3-13H,1-2H3/b14-7+,16-10+. The fourth-order valence-electron chi connectivity index (χ4n) is 2.50. The molecule has 0 saturated carbocycles. The van der Waals surface area contributed by atoms with Crippen LogP contribution in [0.25, 0.3) is 6.08 Å².